The van der Waals surface area contributed by atoms with Crippen LogP contribution < -0.4 is 10.6 Å². The molecule has 0 bridgehead atoms. The summed E-state index contributed by atoms with van der Waals surface area (Å²) in [5, 5.41) is 5.65. The van der Waals surface area contributed by atoms with Crippen LogP contribution in [0.5, 0.6) is 0 Å². The van der Waals surface area contributed by atoms with Crippen molar-refractivity contribution < 1.29 is 8.78 Å². The predicted octanol–water partition coefficient (Wildman–Crippen LogP) is 5.95. The van der Waals surface area contributed by atoms with E-state index >= 15 is 0 Å². The van der Waals surface area contributed by atoms with Gasteiger partial charge in [0.1, 0.15) is 11.6 Å². The van der Waals surface area contributed by atoms with Crippen molar-refractivity contribution in [2.24, 2.45) is 0 Å². The molecule has 0 amide bonds. The molecular weight excluding hydrogens is 449 g/mol. The van der Waals surface area contributed by atoms with E-state index in [1.54, 1.807) is 6.07 Å². The van der Waals surface area contributed by atoms with Crippen LogP contribution in [0.4, 0.5) is 20.2 Å². The fourth-order valence-corrected chi connectivity index (χ4v) is 3.18. The second-order valence-corrected chi connectivity index (χ2v) is 6.54. The van der Waals surface area contributed by atoms with E-state index in [-0.39, 0.29) is 15.8 Å². The van der Waals surface area contributed by atoms with E-state index < -0.39 is 11.6 Å². The van der Waals surface area contributed by atoms with Crippen molar-refractivity contribution in [1.29, 1.82) is 0 Å². The molecule has 0 unspecified atom stereocenters. The van der Waals surface area contributed by atoms with Gasteiger partial charge in [0.15, 0.2) is 5.11 Å². The van der Waals surface area contributed by atoms with Crippen LogP contribution in [0.3, 0.4) is 0 Å². The average Bonchev–Trinajstić information content (AvgIpc) is 2.38. The van der Waals surface area contributed by atoms with Gasteiger partial charge in [-0.3, -0.25) is 0 Å². The molecule has 2 N–H and O–H groups in total. The number of thiocarbonyl (C=S) groups is 1. The molecule has 8 heteroatoms. The lowest BCUT2D eigenvalue weighted by Gasteiger charge is -2.13. The molecule has 2 nitrogen and oxygen atoms in total. The van der Waals surface area contributed by atoms with Crippen molar-refractivity contribution in [2.75, 3.05) is 10.6 Å². The SMILES string of the molecule is Fc1ccc(NC(=S)Nc2c(F)cc(Br)cc2Br)cc1Cl. The van der Waals surface area contributed by atoms with Gasteiger partial charge in [0.2, 0.25) is 0 Å². The molecule has 2 rings (SSSR count). The molecule has 0 aliphatic rings. The van der Waals surface area contributed by atoms with Gasteiger partial charge in [0, 0.05) is 14.6 Å². The summed E-state index contributed by atoms with van der Waals surface area (Å²) in [5.74, 6) is -1.000. The molecule has 0 radical (unpaired) electrons. The van der Waals surface area contributed by atoms with E-state index in [1.165, 1.54) is 24.3 Å². The normalized spacial score (nSPS) is 10.3. The topological polar surface area (TPSA) is 24.1 Å². The first-order chi connectivity index (χ1) is 9.86. The maximum absolute atomic E-state index is 13.8. The molecule has 0 aliphatic heterocycles. The lowest BCUT2D eigenvalue weighted by atomic mass is 10.3. The highest BCUT2D eigenvalue weighted by Gasteiger charge is 2.10. The first kappa shape index (κ1) is 16.6. The first-order valence-electron chi connectivity index (χ1n) is 5.54. The third-order valence-electron chi connectivity index (χ3n) is 2.42. The van der Waals surface area contributed by atoms with Crippen LogP contribution in [0.15, 0.2) is 39.3 Å². The largest absolute Gasteiger partial charge is 0.332 e. The van der Waals surface area contributed by atoms with Gasteiger partial charge in [-0.1, -0.05) is 27.5 Å². The van der Waals surface area contributed by atoms with Gasteiger partial charge in [-0.25, -0.2) is 8.78 Å². The number of anilines is 2. The molecule has 21 heavy (non-hydrogen) atoms. The summed E-state index contributed by atoms with van der Waals surface area (Å²) in [4.78, 5) is 0. The maximum atomic E-state index is 13.8. The number of benzene rings is 2. The monoisotopic (exact) mass is 454 g/mol. The highest BCUT2D eigenvalue weighted by atomic mass is 79.9. The molecule has 110 valence electrons. The van der Waals surface area contributed by atoms with Gasteiger partial charge in [0.05, 0.1) is 10.7 Å². The maximum Gasteiger partial charge on any atom is 0.175 e. The molecular formula is C13H7Br2ClF2N2S. The van der Waals surface area contributed by atoms with Gasteiger partial charge < -0.3 is 10.6 Å². The minimum Gasteiger partial charge on any atom is -0.332 e. The minimum absolute atomic E-state index is 0.0289. The Balaban J connectivity index is 2.13. The zero-order valence-corrected chi connectivity index (χ0v) is 14.9. The van der Waals surface area contributed by atoms with Crippen LogP contribution >= 0.6 is 55.7 Å². The molecule has 2 aromatic carbocycles. The van der Waals surface area contributed by atoms with E-state index in [1.807, 2.05) is 0 Å². The van der Waals surface area contributed by atoms with Gasteiger partial charge in [-0.15, -0.1) is 0 Å². The second kappa shape index (κ2) is 7.00. The van der Waals surface area contributed by atoms with E-state index in [4.69, 9.17) is 23.8 Å². The van der Waals surface area contributed by atoms with Gasteiger partial charge >= 0.3 is 0 Å². The Morgan fingerprint density at radius 2 is 1.76 bits per heavy atom. The lowest BCUT2D eigenvalue weighted by molar-refractivity contribution is 0.628. The Morgan fingerprint density at radius 3 is 2.38 bits per heavy atom. The molecule has 0 saturated heterocycles. The summed E-state index contributed by atoms with van der Waals surface area (Å²) < 4.78 is 28.0. The van der Waals surface area contributed by atoms with Crippen molar-refractivity contribution in [3.8, 4) is 0 Å². The molecule has 0 heterocycles. The van der Waals surface area contributed by atoms with E-state index in [0.29, 0.717) is 14.6 Å². The summed E-state index contributed by atoms with van der Waals surface area (Å²) in [7, 11) is 0. The summed E-state index contributed by atoms with van der Waals surface area (Å²) in [6.07, 6.45) is 0. The van der Waals surface area contributed by atoms with Crippen LogP contribution in [-0.2, 0) is 0 Å². The van der Waals surface area contributed by atoms with Crippen LogP contribution in [0.1, 0.15) is 0 Å². The van der Waals surface area contributed by atoms with E-state index in [2.05, 4.69) is 42.5 Å². The third kappa shape index (κ3) is 4.35. The predicted molar refractivity (Wildman–Crippen MR) is 93.1 cm³/mol. The number of hydrogen-bond donors (Lipinski definition) is 2. The van der Waals surface area contributed by atoms with Crippen LogP contribution in [0, 0.1) is 11.6 Å². The Morgan fingerprint density at radius 1 is 1.05 bits per heavy atom. The molecule has 2 aromatic rings. The van der Waals surface area contributed by atoms with Crippen LogP contribution in [-0.4, -0.2) is 5.11 Å². The summed E-state index contributed by atoms with van der Waals surface area (Å²) in [6.45, 7) is 0. The zero-order chi connectivity index (χ0) is 15.6. The van der Waals surface area contributed by atoms with Gasteiger partial charge in [-0.2, -0.15) is 0 Å². The van der Waals surface area contributed by atoms with Crippen molar-refractivity contribution in [2.45, 2.75) is 0 Å². The summed E-state index contributed by atoms with van der Waals surface area (Å²) in [5.41, 5.74) is 0.691. The summed E-state index contributed by atoms with van der Waals surface area (Å²) in [6, 6.07) is 7.07. The molecule has 0 saturated carbocycles. The van der Waals surface area contributed by atoms with Gasteiger partial charge in [-0.05, 0) is 58.5 Å². The van der Waals surface area contributed by atoms with E-state index in [0.717, 1.165) is 0 Å². The van der Waals surface area contributed by atoms with Gasteiger partial charge in [0.25, 0.3) is 0 Å². The summed E-state index contributed by atoms with van der Waals surface area (Å²) >= 11 is 17.2. The third-order valence-corrected chi connectivity index (χ3v) is 4.00. The smallest absolute Gasteiger partial charge is 0.175 e. The number of hydrogen-bond acceptors (Lipinski definition) is 1. The lowest BCUT2D eigenvalue weighted by Crippen LogP contribution is -2.20. The highest BCUT2D eigenvalue weighted by molar-refractivity contribution is 9.11. The van der Waals surface area contributed by atoms with Crippen molar-refractivity contribution in [3.63, 3.8) is 0 Å². The number of halogens is 5. The second-order valence-electron chi connectivity index (χ2n) is 3.95. The Hall–Kier alpha value is -0.760. The highest BCUT2D eigenvalue weighted by Crippen LogP contribution is 2.30. The molecule has 0 spiro atoms. The first-order valence-corrected chi connectivity index (χ1v) is 7.91. The van der Waals surface area contributed by atoms with E-state index in [9.17, 15) is 8.78 Å². The number of rotatable bonds is 2. The molecule has 0 fully saturated rings. The molecule has 0 aliphatic carbocycles. The van der Waals surface area contributed by atoms with Crippen molar-refractivity contribution in [3.05, 3.63) is 55.9 Å². The molecule has 0 atom stereocenters. The average molecular weight is 457 g/mol. The standard InChI is InChI=1S/C13H7Br2ClF2N2S/c14-6-3-8(15)12(11(18)4-6)20-13(21)19-7-1-2-10(17)9(16)5-7/h1-5H,(H2,19,20,21). The van der Waals surface area contributed by atoms with Crippen LogP contribution in [0.25, 0.3) is 0 Å². The van der Waals surface area contributed by atoms with Crippen LogP contribution in [0.2, 0.25) is 5.02 Å². The Bertz CT molecular complexity index is 690. The Labute approximate surface area is 147 Å². The minimum atomic E-state index is -0.525. The zero-order valence-electron chi connectivity index (χ0n) is 10.2. The van der Waals surface area contributed by atoms with Crippen molar-refractivity contribution >= 4 is 72.2 Å². The fourth-order valence-electron chi connectivity index (χ4n) is 1.51. The fraction of sp³-hybridized carbons (Fsp3) is 0. The number of nitrogens with one attached hydrogen (secondary N) is 2. The quantitative estimate of drug-likeness (QED) is 0.546. The Kier molecular flexibility index (Phi) is 5.54. The molecule has 0 aromatic heterocycles. The van der Waals surface area contributed by atoms with Crippen molar-refractivity contribution in [1.82, 2.24) is 0 Å².